The monoisotopic (exact) mass is 280 g/mol. The van der Waals surface area contributed by atoms with Crippen LogP contribution in [-0.2, 0) is 16.1 Å². The molecule has 1 rings (SSSR count). The summed E-state index contributed by atoms with van der Waals surface area (Å²) in [7, 11) is 3.23. The number of carbonyl (C=O) groups is 2. The van der Waals surface area contributed by atoms with E-state index in [1.165, 1.54) is 4.90 Å². The summed E-state index contributed by atoms with van der Waals surface area (Å²) in [6, 6.07) is 8.61. The zero-order chi connectivity index (χ0) is 15.0. The second-order valence-corrected chi connectivity index (χ2v) is 4.58. The number of benzene rings is 1. The van der Waals surface area contributed by atoms with Crippen LogP contribution in [0.2, 0.25) is 0 Å². The number of aliphatic hydroxyl groups excluding tert-OH is 1. The summed E-state index contributed by atoms with van der Waals surface area (Å²) in [5.74, 6) is -0.174. The van der Waals surface area contributed by atoms with Crippen LogP contribution in [0.1, 0.15) is 12.0 Å². The van der Waals surface area contributed by atoms with Gasteiger partial charge in [0.05, 0.1) is 12.6 Å². The molecule has 0 unspecified atom stereocenters. The van der Waals surface area contributed by atoms with Crippen LogP contribution in [0, 0.1) is 0 Å². The second kappa shape index (κ2) is 8.16. The smallest absolute Gasteiger partial charge is 0.407 e. The third kappa shape index (κ3) is 5.71. The Morgan fingerprint density at radius 2 is 1.95 bits per heavy atom. The number of alkyl carbamates (subject to hydrolysis) is 1. The van der Waals surface area contributed by atoms with Crippen molar-refractivity contribution in [3.05, 3.63) is 35.9 Å². The van der Waals surface area contributed by atoms with E-state index >= 15 is 0 Å². The first-order valence-corrected chi connectivity index (χ1v) is 6.31. The lowest BCUT2D eigenvalue weighted by Gasteiger charge is -2.18. The van der Waals surface area contributed by atoms with Crippen molar-refractivity contribution >= 4 is 12.0 Å². The highest BCUT2D eigenvalue weighted by molar-refractivity contribution is 5.77. The van der Waals surface area contributed by atoms with Gasteiger partial charge in [-0.25, -0.2) is 4.79 Å². The van der Waals surface area contributed by atoms with E-state index in [4.69, 9.17) is 9.84 Å². The molecule has 20 heavy (non-hydrogen) atoms. The van der Waals surface area contributed by atoms with E-state index in [9.17, 15) is 9.59 Å². The summed E-state index contributed by atoms with van der Waals surface area (Å²) in [6.07, 6.45) is -0.622. The maximum atomic E-state index is 11.6. The Morgan fingerprint density at radius 1 is 1.30 bits per heavy atom. The lowest BCUT2D eigenvalue weighted by atomic mass is 10.2. The van der Waals surface area contributed by atoms with Crippen LogP contribution in [0.5, 0.6) is 0 Å². The van der Waals surface area contributed by atoms with Crippen molar-refractivity contribution in [3.8, 4) is 0 Å². The Hall–Kier alpha value is -2.08. The van der Waals surface area contributed by atoms with Crippen LogP contribution in [0.3, 0.4) is 0 Å². The number of hydrogen-bond acceptors (Lipinski definition) is 4. The summed E-state index contributed by atoms with van der Waals surface area (Å²) in [4.78, 5) is 24.5. The maximum absolute atomic E-state index is 11.6. The molecule has 0 aliphatic carbocycles. The minimum atomic E-state index is -0.653. The number of carbonyl (C=O) groups excluding carboxylic acids is 2. The van der Waals surface area contributed by atoms with E-state index in [2.05, 4.69) is 5.32 Å². The van der Waals surface area contributed by atoms with E-state index < -0.39 is 12.1 Å². The molecule has 2 amide bonds. The van der Waals surface area contributed by atoms with E-state index in [-0.39, 0.29) is 25.5 Å². The lowest BCUT2D eigenvalue weighted by molar-refractivity contribution is -0.129. The number of nitrogens with one attached hydrogen (secondary N) is 1. The average molecular weight is 280 g/mol. The lowest BCUT2D eigenvalue weighted by Crippen LogP contribution is -2.41. The zero-order valence-electron chi connectivity index (χ0n) is 11.7. The predicted octanol–water partition coefficient (Wildman–Crippen LogP) is 0.752. The number of aliphatic hydroxyl groups is 1. The van der Waals surface area contributed by atoms with Gasteiger partial charge in [0.15, 0.2) is 0 Å². The molecular formula is C14H20N2O4. The molecular weight excluding hydrogens is 260 g/mol. The van der Waals surface area contributed by atoms with Gasteiger partial charge in [0, 0.05) is 20.5 Å². The van der Waals surface area contributed by atoms with E-state index in [1.54, 1.807) is 14.1 Å². The van der Waals surface area contributed by atoms with Crippen LogP contribution in [0.4, 0.5) is 4.79 Å². The van der Waals surface area contributed by atoms with E-state index in [0.717, 1.165) is 5.56 Å². The molecule has 0 aliphatic heterocycles. The van der Waals surface area contributed by atoms with Gasteiger partial charge in [-0.3, -0.25) is 4.79 Å². The van der Waals surface area contributed by atoms with Gasteiger partial charge < -0.3 is 20.1 Å². The quantitative estimate of drug-likeness (QED) is 0.806. The topological polar surface area (TPSA) is 78.9 Å². The number of ether oxygens (including phenoxy) is 1. The third-order valence-corrected chi connectivity index (χ3v) is 2.67. The number of rotatable bonds is 6. The molecule has 0 saturated heterocycles. The van der Waals surface area contributed by atoms with Crippen molar-refractivity contribution in [1.29, 1.82) is 0 Å². The Bertz CT molecular complexity index is 434. The summed E-state index contributed by atoms with van der Waals surface area (Å²) in [6.45, 7) is -0.174. The molecule has 0 bridgehead atoms. The fourth-order valence-electron chi connectivity index (χ4n) is 1.49. The molecule has 2 N–H and O–H groups in total. The largest absolute Gasteiger partial charge is 0.445 e. The Morgan fingerprint density at radius 3 is 2.50 bits per heavy atom. The summed E-state index contributed by atoms with van der Waals surface area (Å²) in [5, 5.41) is 11.6. The van der Waals surface area contributed by atoms with Gasteiger partial charge in [-0.15, -0.1) is 0 Å². The van der Waals surface area contributed by atoms with Crippen LogP contribution in [0.25, 0.3) is 0 Å². The van der Waals surface area contributed by atoms with Crippen LogP contribution >= 0.6 is 0 Å². The molecule has 110 valence electrons. The first kappa shape index (κ1) is 16.0. The minimum absolute atomic E-state index is 0.0317. The molecule has 0 aliphatic rings. The standard InChI is InChI=1S/C14H20N2O4/c1-16(2)13(18)8-12(9-17)15-14(19)20-10-11-6-4-3-5-7-11/h3-7,12,17H,8-10H2,1-2H3,(H,15,19)/t12-/m0/s1. The minimum Gasteiger partial charge on any atom is -0.445 e. The normalized spacial score (nSPS) is 11.6. The van der Waals surface area contributed by atoms with E-state index in [0.29, 0.717) is 0 Å². The van der Waals surface area contributed by atoms with Gasteiger partial charge in [-0.2, -0.15) is 0 Å². The molecule has 0 spiro atoms. The van der Waals surface area contributed by atoms with Gasteiger partial charge in [-0.05, 0) is 5.56 Å². The highest BCUT2D eigenvalue weighted by atomic mass is 16.5. The molecule has 0 saturated carbocycles. The summed E-state index contributed by atoms with van der Waals surface area (Å²) < 4.78 is 5.02. The predicted molar refractivity (Wildman–Crippen MR) is 73.9 cm³/mol. The Balaban J connectivity index is 2.37. The highest BCUT2D eigenvalue weighted by Gasteiger charge is 2.17. The van der Waals surface area contributed by atoms with Crippen molar-refractivity contribution in [3.63, 3.8) is 0 Å². The highest BCUT2D eigenvalue weighted by Crippen LogP contribution is 2.01. The first-order chi connectivity index (χ1) is 9.52. The number of amides is 2. The van der Waals surface area contributed by atoms with Crippen LogP contribution in [0.15, 0.2) is 30.3 Å². The molecule has 1 atom stereocenters. The van der Waals surface area contributed by atoms with Gasteiger partial charge in [0.1, 0.15) is 6.61 Å². The summed E-state index contributed by atoms with van der Waals surface area (Å²) in [5.41, 5.74) is 0.868. The van der Waals surface area contributed by atoms with Gasteiger partial charge in [-0.1, -0.05) is 30.3 Å². The van der Waals surface area contributed by atoms with Crippen LogP contribution < -0.4 is 5.32 Å². The van der Waals surface area contributed by atoms with Gasteiger partial charge >= 0.3 is 6.09 Å². The molecule has 1 aromatic rings. The zero-order valence-corrected chi connectivity index (χ0v) is 11.7. The second-order valence-electron chi connectivity index (χ2n) is 4.58. The fourth-order valence-corrected chi connectivity index (χ4v) is 1.49. The molecule has 0 radical (unpaired) electrons. The van der Waals surface area contributed by atoms with Gasteiger partial charge in [0.2, 0.25) is 5.91 Å². The third-order valence-electron chi connectivity index (χ3n) is 2.67. The van der Waals surface area contributed by atoms with Crippen molar-refractivity contribution in [2.24, 2.45) is 0 Å². The molecule has 1 aromatic carbocycles. The molecule has 0 fully saturated rings. The van der Waals surface area contributed by atoms with Crippen molar-refractivity contribution < 1.29 is 19.4 Å². The molecule has 6 heteroatoms. The Labute approximate surface area is 118 Å². The number of hydrogen-bond donors (Lipinski definition) is 2. The van der Waals surface area contributed by atoms with Crippen molar-refractivity contribution in [2.75, 3.05) is 20.7 Å². The van der Waals surface area contributed by atoms with E-state index in [1.807, 2.05) is 30.3 Å². The molecule has 6 nitrogen and oxygen atoms in total. The van der Waals surface area contributed by atoms with Crippen molar-refractivity contribution in [2.45, 2.75) is 19.1 Å². The number of nitrogens with zero attached hydrogens (tertiary/aromatic N) is 1. The van der Waals surface area contributed by atoms with Crippen molar-refractivity contribution in [1.82, 2.24) is 10.2 Å². The molecule has 0 heterocycles. The van der Waals surface area contributed by atoms with Gasteiger partial charge in [0.25, 0.3) is 0 Å². The SMILES string of the molecule is CN(C)C(=O)C[C@@H](CO)NC(=O)OCc1ccccc1. The first-order valence-electron chi connectivity index (χ1n) is 6.31. The fraction of sp³-hybridized carbons (Fsp3) is 0.429. The average Bonchev–Trinajstić information content (AvgIpc) is 2.45. The molecule has 0 aromatic heterocycles. The van der Waals surface area contributed by atoms with Crippen LogP contribution in [-0.4, -0.2) is 48.8 Å². The summed E-state index contributed by atoms with van der Waals surface area (Å²) >= 11 is 0. The Kier molecular flexibility index (Phi) is 6.52. The maximum Gasteiger partial charge on any atom is 0.407 e.